The second-order valence-corrected chi connectivity index (χ2v) is 8.62. The number of halogens is 1. The van der Waals surface area contributed by atoms with E-state index in [2.05, 4.69) is 15.9 Å². The van der Waals surface area contributed by atoms with Gasteiger partial charge in [0.1, 0.15) is 11.5 Å². The number of esters is 1. The van der Waals surface area contributed by atoms with E-state index in [1.165, 1.54) is 6.07 Å². The van der Waals surface area contributed by atoms with Gasteiger partial charge >= 0.3 is 5.97 Å². The number of nitrogens with zero attached hydrogens (tertiary/aromatic N) is 1. The van der Waals surface area contributed by atoms with Crippen molar-refractivity contribution in [1.29, 1.82) is 0 Å². The minimum absolute atomic E-state index is 0.200. The normalized spacial score (nSPS) is 12.4. The van der Waals surface area contributed by atoms with Gasteiger partial charge in [-0.15, -0.1) is 0 Å². The molecule has 1 aliphatic heterocycles. The topological polar surface area (TPSA) is 72.9 Å². The molecule has 0 atom stereocenters. The van der Waals surface area contributed by atoms with Gasteiger partial charge in [-0.25, -0.2) is 9.69 Å². The predicted molar refractivity (Wildman–Crippen MR) is 135 cm³/mol. The fourth-order valence-electron chi connectivity index (χ4n) is 3.84. The lowest BCUT2D eigenvalue weighted by Gasteiger charge is -2.15. The molecule has 0 saturated carbocycles. The van der Waals surface area contributed by atoms with Crippen molar-refractivity contribution in [3.05, 3.63) is 113 Å². The van der Waals surface area contributed by atoms with E-state index in [-0.39, 0.29) is 12.4 Å². The molecular weight excluding hydrogens is 510 g/mol. The molecule has 7 heteroatoms. The zero-order valence-electron chi connectivity index (χ0n) is 18.3. The molecule has 0 fully saturated rings. The van der Waals surface area contributed by atoms with E-state index in [0.29, 0.717) is 27.0 Å². The van der Waals surface area contributed by atoms with Crippen LogP contribution in [0.1, 0.15) is 20.7 Å². The Morgan fingerprint density at radius 2 is 1.43 bits per heavy atom. The molecule has 0 N–H and O–H groups in total. The molecule has 0 saturated heterocycles. The Bertz CT molecular complexity index is 1420. The maximum absolute atomic E-state index is 12.7. The van der Waals surface area contributed by atoms with E-state index >= 15 is 0 Å². The Kier molecular flexibility index (Phi) is 6.16. The monoisotopic (exact) mass is 527 g/mol. The first-order valence-electron chi connectivity index (χ1n) is 10.8. The van der Waals surface area contributed by atoms with E-state index < -0.39 is 17.8 Å². The van der Waals surface area contributed by atoms with Crippen LogP contribution >= 0.6 is 15.9 Å². The average molecular weight is 528 g/mol. The molecule has 0 aromatic heterocycles. The smallest absolute Gasteiger partial charge is 0.349 e. The summed E-state index contributed by atoms with van der Waals surface area (Å²) in [4.78, 5) is 38.9. The second-order valence-electron chi connectivity index (χ2n) is 7.76. The van der Waals surface area contributed by atoms with Crippen LogP contribution in [-0.4, -0.2) is 24.4 Å². The van der Waals surface area contributed by atoms with Gasteiger partial charge in [0, 0.05) is 6.07 Å². The average Bonchev–Trinajstić information content (AvgIpc) is 3.14. The van der Waals surface area contributed by atoms with Crippen LogP contribution in [0, 0.1) is 0 Å². The Labute approximate surface area is 209 Å². The third-order valence-electron chi connectivity index (χ3n) is 5.49. The van der Waals surface area contributed by atoms with E-state index in [1.54, 1.807) is 48.5 Å². The van der Waals surface area contributed by atoms with Gasteiger partial charge in [-0.1, -0.05) is 54.6 Å². The van der Waals surface area contributed by atoms with Crippen LogP contribution in [0.5, 0.6) is 11.5 Å². The SMILES string of the molecule is O=C(COc1ccc(-c2ccccc2)cc1Br)Oc1cccc(N2C(=O)c3ccccc3C2=O)c1. The van der Waals surface area contributed by atoms with Gasteiger partial charge in [-0.05, 0) is 63.5 Å². The molecule has 6 nitrogen and oxygen atoms in total. The van der Waals surface area contributed by atoms with Crippen molar-refractivity contribution in [3.8, 4) is 22.6 Å². The quantitative estimate of drug-likeness (QED) is 0.177. The first-order chi connectivity index (χ1) is 17.0. The number of hydrogen-bond acceptors (Lipinski definition) is 5. The maximum Gasteiger partial charge on any atom is 0.349 e. The first-order valence-corrected chi connectivity index (χ1v) is 11.6. The lowest BCUT2D eigenvalue weighted by Crippen LogP contribution is -2.29. The van der Waals surface area contributed by atoms with Gasteiger partial charge < -0.3 is 9.47 Å². The van der Waals surface area contributed by atoms with Crippen LogP contribution in [0.25, 0.3) is 11.1 Å². The van der Waals surface area contributed by atoms with Crippen LogP contribution in [0.15, 0.2) is 102 Å². The number of fused-ring (bicyclic) bond motifs is 1. The van der Waals surface area contributed by atoms with Gasteiger partial charge in [0.25, 0.3) is 11.8 Å². The van der Waals surface area contributed by atoms with Crippen molar-refractivity contribution in [2.45, 2.75) is 0 Å². The molecule has 0 unspecified atom stereocenters. The van der Waals surface area contributed by atoms with Crippen LogP contribution in [-0.2, 0) is 4.79 Å². The van der Waals surface area contributed by atoms with Crippen LogP contribution in [0.4, 0.5) is 5.69 Å². The molecule has 4 aromatic rings. The van der Waals surface area contributed by atoms with Crippen molar-refractivity contribution in [2.75, 3.05) is 11.5 Å². The number of carbonyl (C=O) groups is 3. The van der Waals surface area contributed by atoms with Crippen LogP contribution in [0.2, 0.25) is 0 Å². The Balaban J connectivity index is 1.24. The molecule has 5 rings (SSSR count). The summed E-state index contributed by atoms with van der Waals surface area (Å²) in [5, 5.41) is 0. The highest BCUT2D eigenvalue weighted by atomic mass is 79.9. The fraction of sp³-hybridized carbons (Fsp3) is 0.0357. The van der Waals surface area contributed by atoms with Crippen molar-refractivity contribution in [1.82, 2.24) is 0 Å². The Hall–Kier alpha value is -4.23. The summed E-state index contributed by atoms with van der Waals surface area (Å²) in [5.41, 5.74) is 3.09. The highest BCUT2D eigenvalue weighted by molar-refractivity contribution is 9.10. The van der Waals surface area contributed by atoms with E-state index in [9.17, 15) is 14.4 Å². The number of hydrogen-bond donors (Lipinski definition) is 0. The number of rotatable bonds is 6. The number of carbonyl (C=O) groups excluding carboxylic acids is 3. The van der Waals surface area contributed by atoms with Crippen molar-refractivity contribution >= 4 is 39.4 Å². The molecule has 1 aliphatic rings. The molecule has 0 bridgehead atoms. The summed E-state index contributed by atoms with van der Waals surface area (Å²) in [7, 11) is 0. The van der Waals surface area contributed by atoms with E-state index in [4.69, 9.17) is 9.47 Å². The predicted octanol–water partition coefficient (Wildman–Crippen LogP) is 5.90. The number of benzene rings is 4. The largest absolute Gasteiger partial charge is 0.481 e. The van der Waals surface area contributed by atoms with Gasteiger partial charge in [-0.2, -0.15) is 0 Å². The van der Waals surface area contributed by atoms with Crippen LogP contribution < -0.4 is 14.4 Å². The number of imide groups is 1. The van der Waals surface area contributed by atoms with Gasteiger partial charge in [0.05, 0.1) is 21.3 Å². The highest BCUT2D eigenvalue weighted by Gasteiger charge is 2.36. The molecule has 2 amide bonds. The summed E-state index contributed by atoms with van der Waals surface area (Å²) >= 11 is 3.49. The Morgan fingerprint density at radius 3 is 2.11 bits per heavy atom. The summed E-state index contributed by atoms with van der Waals surface area (Å²) in [5.74, 6) is -0.751. The maximum atomic E-state index is 12.7. The minimum atomic E-state index is -0.622. The lowest BCUT2D eigenvalue weighted by molar-refractivity contribution is -0.136. The van der Waals surface area contributed by atoms with Crippen molar-refractivity contribution in [2.24, 2.45) is 0 Å². The Morgan fingerprint density at radius 1 is 0.743 bits per heavy atom. The molecule has 35 heavy (non-hydrogen) atoms. The van der Waals surface area contributed by atoms with Crippen molar-refractivity contribution in [3.63, 3.8) is 0 Å². The second kappa shape index (κ2) is 9.56. The molecule has 4 aromatic carbocycles. The molecule has 172 valence electrons. The van der Waals surface area contributed by atoms with Gasteiger partial charge in [0.15, 0.2) is 6.61 Å². The summed E-state index contributed by atoms with van der Waals surface area (Å²) in [6.45, 7) is -0.319. The minimum Gasteiger partial charge on any atom is -0.481 e. The third-order valence-corrected chi connectivity index (χ3v) is 6.11. The van der Waals surface area contributed by atoms with Crippen LogP contribution in [0.3, 0.4) is 0 Å². The summed E-state index contributed by atoms with van der Waals surface area (Å²) < 4.78 is 11.7. The zero-order valence-corrected chi connectivity index (χ0v) is 19.9. The van der Waals surface area contributed by atoms with E-state index in [1.807, 2.05) is 42.5 Å². The molecule has 0 radical (unpaired) electrons. The van der Waals surface area contributed by atoms with Gasteiger partial charge in [0.2, 0.25) is 0 Å². The standard InChI is InChI=1S/C28H18BrNO5/c29-24-15-19(18-7-2-1-3-8-18)13-14-25(24)34-17-26(31)35-21-10-6-9-20(16-21)30-27(32)22-11-4-5-12-23(22)28(30)33/h1-16H,17H2. The lowest BCUT2D eigenvalue weighted by atomic mass is 10.1. The molecule has 0 spiro atoms. The number of ether oxygens (including phenoxy) is 2. The first kappa shape index (κ1) is 22.6. The number of amides is 2. The summed E-state index contributed by atoms with van der Waals surface area (Å²) in [6.07, 6.45) is 0. The summed E-state index contributed by atoms with van der Waals surface area (Å²) in [6, 6.07) is 28.4. The van der Waals surface area contributed by atoms with E-state index in [0.717, 1.165) is 16.0 Å². The molecular formula is C28H18BrNO5. The number of anilines is 1. The molecule has 0 aliphatic carbocycles. The van der Waals surface area contributed by atoms with Crippen molar-refractivity contribution < 1.29 is 23.9 Å². The molecule has 1 heterocycles. The highest BCUT2D eigenvalue weighted by Crippen LogP contribution is 2.32. The fourth-order valence-corrected chi connectivity index (χ4v) is 4.33. The zero-order chi connectivity index (χ0) is 24.4. The third kappa shape index (κ3) is 4.58. The van der Waals surface area contributed by atoms with Gasteiger partial charge in [-0.3, -0.25) is 9.59 Å².